The summed E-state index contributed by atoms with van der Waals surface area (Å²) in [6.07, 6.45) is 11.5. The van der Waals surface area contributed by atoms with Gasteiger partial charge in [0.15, 0.2) is 5.11 Å². The van der Waals surface area contributed by atoms with Crippen LogP contribution in [0.5, 0.6) is 11.5 Å². The summed E-state index contributed by atoms with van der Waals surface area (Å²) in [5.41, 5.74) is 3.25. The molecule has 1 saturated carbocycles. The Labute approximate surface area is 211 Å². The van der Waals surface area contributed by atoms with Gasteiger partial charge in [0.1, 0.15) is 11.5 Å². The van der Waals surface area contributed by atoms with Gasteiger partial charge in [-0.2, -0.15) is 0 Å². The second-order valence-electron chi connectivity index (χ2n) is 9.24. The Kier molecular flexibility index (Phi) is 5.96. The molecule has 176 valence electrons. The minimum Gasteiger partial charge on any atom is -0.457 e. The molecule has 2 aromatic heterocycles. The highest BCUT2D eigenvalue weighted by atomic mass is 32.1. The number of ether oxygens (including phenoxy) is 1. The van der Waals surface area contributed by atoms with Crippen molar-refractivity contribution < 1.29 is 4.74 Å². The molecule has 2 aromatic carbocycles. The third-order valence-corrected chi connectivity index (χ3v) is 7.33. The van der Waals surface area contributed by atoms with Crippen molar-refractivity contribution in [2.75, 3.05) is 4.90 Å². The molecule has 6 rings (SSSR count). The Bertz CT molecular complexity index is 1280. The number of aromatic nitrogens is 2. The summed E-state index contributed by atoms with van der Waals surface area (Å²) >= 11 is 5.88. The number of benzene rings is 2. The molecule has 5 nitrogen and oxygen atoms in total. The maximum absolute atomic E-state index is 6.00. The number of rotatable bonds is 6. The van der Waals surface area contributed by atoms with Gasteiger partial charge in [-0.05, 0) is 85.2 Å². The van der Waals surface area contributed by atoms with Crippen LogP contribution in [-0.4, -0.2) is 14.7 Å². The minimum atomic E-state index is -0.0385. The van der Waals surface area contributed by atoms with Gasteiger partial charge >= 0.3 is 0 Å². The molecule has 3 heterocycles. The Morgan fingerprint density at radius 2 is 1.60 bits per heavy atom. The van der Waals surface area contributed by atoms with Crippen LogP contribution in [-0.2, 0) is 0 Å². The monoisotopic (exact) mass is 480 g/mol. The SMILES string of the molecule is S=C1NC(c2ccccn2)C(c2ccn(C3CCCC3)c2)N1c1ccc(Oc2ccccc2)cc1. The third-order valence-electron chi connectivity index (χ3n) is 7.02. The summed E-state index contributed by atoms with van der Waals surface area (Å²) in [7, 11) is 0. The second kappa shape index (κ2) is 9.55. The summed E-state index contributed by atoms with van der Waals surface area (Å²) in [5, 5.41) is 4.26. The van der Waals surface area contributed by atoms with Crippen LogP contribution >= 0.6 is 12.2 Å². The van der Waals surface area contributed by atoms with Gasteiger partial charge in [0.05, 0.1) is 17.8 Å². The lowest BCUT2D eigenvalue weighted by molar-refractivity contribution is 0.482. The van der Waals surface area contributed by atoms with Gasteiger partial charge in [0, 0.05) is 30.3 Å². The van der Waals surface area contributed by atoms with E-state index in [4.69, 9.17) is 17.0 Å². The van der Waals surface area contributed by atoms with E-state index in [1.165, 1.54) is 31.2 Å². The van der Waals surface area contributed by atoms with Crippen molar-refractivity contribution in [1.82, 2.24) is 14.9 Å². The molecular formula is C29H28N4OS. The molecule has 0 bridgehead atoms. The molecule has 35 heavy (non-hydrogen) atoms. The maximum atomic E-state index is 6.00. The number of pyridine rings is 1. The molecule has 2 aliphatic rings. The van der Waals surface area contributed by atoms with Gasteiger partial charge in [-0.25, -0.2) is 0 Å². The van der Waals surface area contributed by atoms with E-state index in [1.54, 1.807) is 0 Å². The minimum absolute atomic E-state index is 0.000875. The molecule has 0 spiro atoms. The fraction of sp³-hybridized carbons (Fsp3) is 0.241. The van der Waals surface area contributed by atoms with Crippen molar-refractivity contribution in [3.8, 4) is 11.5 Å². The zero-order valence-corrected chi connectivity index (χ0v) is 20.3. The summed E-state index contributed by atoms with van der Waals surface area (Å²) in [6.45, 7) is 0. The summed E-state index contributed by atoms with van der Waals surface area (Å²) in [6, 6.07) is 26.8. The molecule has 1 aliphatic carbocycles. The Hall–Kier alpha value is -3.64. The molecular weight excluding hydrogens is 452 g/mol. The van der Waals surface area contributed by atoms with E-state index >= 15 is 0 Å². The summed E-state index contributed by atoms with van der Waals surface area (Å²) in [4.78, 5) is 6.89. The predicted molar refractivity (Wildman–Crippen MR) is 143 cm³/mol. The molecule has 6 heteroatoms. The van der Waals surface area contributed by atoms with E-state index in [-0.39, 0.29) is 12.1 Å². The number of anilines is 1. The lowest BCUT2D eigenvalue weighted by atomic mass is 9.98. The molecule has 2 unspecified atom stereocenters. The van der Waals surface area contributed by atoms with Crippen LogP contribution in [0, 0.1) is 0 Å². The van der Waals surface area contributed by atoms with Gasteiger partial charge in [0.2, 0.25) is 0 Å². The van der Waals surface area contributed by atoms with E-state index in [1.807, 2.05) is 60.8 Å². The van der Waals surface area contributed by atoms with E-state index in [2.05, 4.69) is 56.4 Å². The lowest BCUT2D eigenvalue weighted by Crippen LogP contribution is -2.29. The smallest absolute Gasteiger partial charge is 0.174 e. The first-order chi connectivity index (χ1) is 17.3. The van der Waals surface area contributed by atoms with Crippen LogP contribution in [0.4, 0.5) is 5.69 Å². The van der Waals surface area contributed by atoms with Crippen LogP contribution in [0.1, 0.15) is 55.1 Å². The molecule has 0 amide bonds. The molecule has 1 N–H and O–H groups in total. The van der Waals surface area contributed by atoms with Crippen molar-refractivity contribution in [1.29, 1.82) is 0 Å². The summed E-state index contributed by atoms with van der Waals surface area (Å²) < 4.78 is 8.40. The average Bonchev–Trinajstić information content (AvgIpc) is 3.66. The van der Waals surface area contributed by atoms with Crippen molar-refractivity contribution in [3.05, 3.63) is 109 Å². The zero-order chi connectivity index (χ0) is 23.6. The fourth-order valence-corrected chi connectivity index (χ4v) is 5.65. The van der Waals surface area contributed by atoms with Gasteiger partial charge in [-0.1, -0.05) is 37.1 Å². The molecule has 4 aromatic rings. The Balaban J connectivity index is 1.33. The number of hydrogen-bond donors (Lipinski definition) is 1. The molecule has 2 atom stereocenters. The Morgan fingerprint density at radius 1 is 0.857 bits per heavy atom. The first-order valence-corrected chi connectivity index (χ1v) is 12.7. The fourth-order valence-electron chi connectivity index (χ4n) is 5.31. The normalized spacial score (nSPS) is 20.2. The topological polar surface area (TPSA) is 42.3 Å². The zero-order valence-electron chi connectivity index (χ0n) is 19.5. The van der Waals surface area contributed by atoms with Gasteiger partial charge in [0.25, 0.3) is 0 Å². The van der Waals surface area contributed by atoms with Crippen LogP contribution < -0.4 is 15.0 Å². The van der Waals surface area contributed by atoms with Crippen LogP contribution in [0.25, 0.3) is 0 Å². The standard InChI is InChI=1S/C29H28N4OS/c35-29-31-27(26-12-6-7-18-30-26)28(21-17-19-32(20-21)22-8-4-5-9-22)33(29)23-13-15-25(16-14-23)34-24-10-2-1-3-11-24/h1-3,6-7,10-20,22,27-28H,4-5,8-9H2,(H,31,35). The highest BCUT2D eigenvalue weighted by molar-refractivity contribution is 7.80. The molecule has 1 saturated heterocycles. The van der Waals surface area contributed by atoms with Crippen molar-refractivity contribution in [2.45, 2.75) is 43.8 Å². The third kappa shape index (κ3) is 4.42. The first-order valence-electron chi connectivity index (χ1n) is 12.3. The Morgan fingerprint density at radius 3 is 2.34 bits per heavy atom. The van der Waals surface area contributed by atoms with E-state index in [0.29, 0.717) is 11.2 Å². The highest BCUT2D eigenvalue weighted by Gasteiger charge is 2.41. The number of hydrogen-bond acceptors (Lipinski definition) is 3. The van der Waals surface area contributed by atoms with Crippen molar-refractivity contribution in [3.63, 3.8) is 0 Å². The molecule has 2 fully saturated rings. The van der Waals surface area contributed by atoms with E-state index < -0.39 is 0 Å². The number of nitrogens with zero attached hydrogens (tertiary/aromatic N) is 3. The molecule has 1 aliphatic heterocycles. The van der Waals surface area contributed by atoms with Gasteiger partial charge in [-0.15, -0.1) is 0 Å². The van der Waals surface area contributed by atoms with Gasteiger partial charge in [-0.3, -0.25) is 4.98 Å². The van der Waals surface area contributed by atoms with Crippen LogP contribution in [0.15, 0.2) is 97.5 Å². The number of thiocarbonyl (C=S) groups is 1. The quantitative estimate of drug-likeness (QED) is 0.302. The average molecular weight is 481 g/mol. The van der Waals surface area contributed by atoms with E-state index in [9.17, 15) is 0 Å². The van der Waals surface area contributed by atoms with Crippen molar-refractivity contribution >= 4 is 23.0 Å². The maximum Gasteiger partial charge on any atom is 0.174 e. The largest absolute Gasteiger partial charge is 0.457 e. The first kappa shape index (κ1) is 21.9. The highest BCUT2D eigenvalue weighted by Crippen LogP contribution is 2.43. The van der Waals surface area contributed by atoms with Crippen LogP contribution in [0.3, 0.4) is 0 Å². The van der Waals surface area contributed by atoms with Crippen molar-refractivity contribution in [2.24, 2.45) is 0 Å². The molecule has 0 radical (unpaired) electrons. The summed E-state index contributed by atoms with van der Waals surface area (Å²) in [5.74, 6) is 1.61. The number of para-hydroxylation sites is 1. The predicted octanol–water partition coefficient (Wildman–Crippen LogP) is 6.97. The van der Waals surface area contributed by atoms with E-state index in [0.717, 1.165) is 22.9 Å². The second-order valence-corrected chi connectivity index (χ2v) is 9.62. The van der Waals surface area contributed by atoms with Crippen LogP contribution in [0.2, 0.25) is 0 Å². The number of nitrogens with one attached hydrogen (secondary N) is 1. The van der Waals surface area contributed by atoms with Gasteiger partial charge < -0.3 is 19.5 Å². The lowest BCUT2D eigenvalue weighted by Gasteiger charge is -2.27.